The van der Waals surface area contributed by atoms with Crippen LogP contribution in [0.25, 0.3) is 0 Å². The Bertz CT molecular complexity index is 757. The molecule has 152 valence electrons. The van der Waals surface area contributed by atoms with Gasteiger partial charge in [-0.25, -0.2) is 9.97 Å². The van der Waals surface area contributed by atoms with Crippen LogP contribution in [-0.4, -0.2) is 48.7 Å². The molecule has 2 aromatic rings. The lowest BCUT2D eigenvalue weighted by atomic mass is 9.93. The minimum Gasteiger partial charge on any atom is -0.356 e. The van der Waals surface area contributed by atoms with Crippen LogP contribution in [0.4, 0.5) is 5.82 Å². The maximum absolute atomic E-state index is 4.76. The average Bonchev–Trinajstić information content (AvgIpc) is 3.18. The van der Waals surface area contributed by atoms with Gasteiger partial charge in [-0.1, -0.05) is 26.8 Å². The van der Waals surface area contributed by atoms with E-state index >= 15 is 0 Å². The summed E-state index contributed by atoms with van der Waals surface area (Å²) in [5.41, 5.74) is 1.29. The molecule has 0 saturated carbocycles. The van der Waals surface area contributed by atoms with Crippen molar-refractivity contribution in [1.82, 2.24) is 20.6 Å². The van der Waals surface area contributed by atoms with Crippen LogP contribution >= 0.6 is 11.3 Å². The summed E-state index contributed by atoms with van der Waals surface area (Å²) in [5, 5.41) is 10.4. The van der Waals surface area contributed by atoms with Gasteiger partial charge in [0.2, 0.25) is 0 Å². The van der Waals surface area contributed by atoms with Crippen LogP contribution in [0.5, 0.6) is 0 Å². The molecule has 0 aromatic carbocycles. The van der Waals surface area contributed by atoms with Crippen molar-refractivity contribution < 1.29 is 0 Å². The van der Waals surface area contributed by atoms with Gasteiger partial charge >= 0.3 is 0 Å². The first kappa shape index (κ1) is 20.6. The molecule has 7 heteroatoms. The van der Waals surface area contributed by atoms with E-state index in [0.717, 1.165) is 50.7 Å². The zero-order valence-corrected chi connectivity index (χ0v) is 18.2. The smallest absolute Gasteiger partial charge is 0.191 e. The zero-order valence-electron chi connectivity index (χ0n) is 17.4. The van der Waals surface area contributed by atoms with E-state index in [0.29, 0.717) is 6.04 Å². The van der Waals surface area contributed by atoms with E-state index in [4.69, 9.17) is 4.98 Å². The van der Waals surface area contributed by atoms with E-state index in [1.807, 2.05) is 25.4 Å². The number of anilines is 1. The van der Waals surface area contributed by atoms with E-state index in [2.05, 4.69) is 57.7 Å². The fraction of sp³-hybridized carbons (Fsp3) is 0.571. The third-order valence-corrected chi connectivity index (χ3v) is 5.89. The molecule has 0 atom stereocenters. The Hall–Kier alpha value is -2.15. The molecule has 3 heterocycles. The molecule has 1 fully saturated rings. The highest BCUT2D eigenvalue weighted by Gasteiger charge is 2.21. The summed E-state index contributed by atoms with van der Waals surface area (Å²) >= 11 is 1.75. The zero-order chi connectivity index (χ0) is 20.0. The number of hydrogen-bond donors (Lipinski definition) is 2. The Morgan fingerprint density at radius 3 is 2.68 bits per heavy atom. The summed E-state index contributed by atoms with van der Waals surface area (Å²) in [6.07, 6.45) is 4.94. The molecule has 2 aromatic heterocycles. The molecule has 0 radical (unpaired) electrons. The van der Waals surface area contributed by atoms with E-state index in [-0.39, 0.29) is 5.41 Å². The van der Waals surface area contributed by atoms with Gasteiger partial charge in [0.05, 0.1) is 10.7 Å². The first-order chi connectivity index (χ1) is 13.5. The number of thiazole rings is 1. The maximum Gasteiger partial charge on any atom is 0.191 e. The Balaban J connectivity index is 1.41. The van der Waals surface area contributed by atoms with Crippen molar-refractivity contribution in [3.05, 3.63) is 40.5 Å². The Morgan fingerprint density at radius 1 is 1.29 bits per heavy atom. The second-order valence-electron chi connectivity index (χ2n) is 8.22. The predicted molar refractivity (Wildman–Crippen MR) is 118 cm³/mol. The van der Waals surface area contributed by atoms with Crippen LogP contribution in [0.15, 0.2) is 34.8 Å². The molecule has 6 nitrogen and oxygen atoms in total. The highest BCUT2D eigenvalue weighted by atomic mass is 32.1. The summed E-state index contributed by atoms with van der Waals surface area (Å²) in [5.74, 6) is 1.95. The molecule has 2 N–H and O–H groups in total. The molecule has 1 saturated heterocycles. The van der Waals surface area contributed by atoms with E-state index < -0.39 is 0 Å². The summed E-state index contributed by atoms with van der Waals surface area (Å²) in [6.45, 7) is 9.48. The number of aliphatic imine (C=N–C) groups is 1. The van der Waals surface area contributed by atoms with Crippen molar-refractivity contribution in [2.45, 2.75) is 51.5 Å². The van der Waals surface area contributed by atoms with Gasteiger partial charge in [0.15, 0.2) is 5.96 Å². The van der Waals surface area contributed by atoms with Crippen molar-refractivity contribution in [2.24, 2.45) is 4.99 Å². The Morgan fingerprint density at radius 2 is 2.07 bits per heavy atom. The summed E-state index contributed by atoms with van der Waals surface area (Å²) in [7, 11) is 1.83. The molecule has 3 rings (SSSR count). The first-order valence-electron chi connectivity index (χ1n) is 10.0. The van der Waals surface area contributed by atoms with Crippen LogP contribution in [0, 0.1) is 0 Å². The molecule has 0 amide bonds. The van der Waals surface area contributed by atoms with Crippen molar-refractivity contribution in [1.29, 1.82) is 0 Å². The van der Waals surface area contributed by atoms with Gasteiger partial charge in [-0.05, 0) is 25.0 Å². The minimum absolute atomic E-state index is 0.115. The number of nitrogens with zero attached hydrogens (tertiary/aromatic N) is 4. The standard InChI is InChI=1S/C21H32N6S/c1-21(2,3)17-15-28-19(26-17)8-12-24-20(22-4)25-16-9-13-27(14-10-16)18-7-5-6-11-23-18/h5-7,11,15-16H,8-10,12-14H2,1-4H3,(H2,22,24,25). The van der Waals surface area contributed by atoms with Crippen molar-refractivity contribution in [3.63, 3.8) is 0 Å². The minimum atomic E-state index is 0.115. The quantitative estimate of drug-likeness (QED) is 0.596. The Labute approximate surface area is 172 Å². The van der Waals surface area contributed by atoms with Crippen LogP contribution in [0.2, 0.25) is 0 Å². The molecule has 0 unspecified atom stereocenters. The fourth-order valence-corrected chi connectivity index (χ4v) is 4.26. The summed E-state index contributed by atoms with van der Waals surface area (Å²) in [4.78, 5) is 16.0. The van der Waals surface area contributed by atoms with Gasteiger partial charge in [-0.15, -0.1) is 11.3 Å². The molecular formula is C21H32N6S. The van der Waals surface area contributed by atoms with Crippen LogP contribution in [0.1, 0.15) is 44.3 Å². The Kier molecular flexibility index (Phi) is 6.88. The molecule has 0 bridgehead atoms. The average molecular weight is 401 g/mol. The van der Waals surface area contributed by atoms with Gasteiger partial charge in [0.1, 0.15) is 5.82 Å². The number of nitrogens with one attached hydrogen (secondary N) is 2. The third kappa shape index (κ3) is 5.67. The number of piperidine rings is 1. The van der Waals surface area contributed by atoms with Gasteiger partial charge in [0, 0.05) is 56.1 Å². The van der Waals surface area contributed by atoms with Gasteiger partial charge in [-0.3, -0.25) is 4.99 Å². The van der Waals surface area contributed by atoms with Crippen LogP contribution < -0.4 is 15.5 Å². The highest BCUT2D eigenvalue weighted by molar-refractivity contribution is 7.09. The SMILES string of the molecule is CN=C(NCCc1nc(C(C)(C)C)cs1)NC1CCN(c2ccccn2)CC1. The summed E-state index contributed by atoms with van der Waals surface area (Å²) in [6, 6.07) is 6.53. The van der Waals surface area contributed by atoms with Gasteiger partial charge in [-0.2, -0.15) is 0 Å². The highest BCUT2D eigenvalue weighted by Crippen LogP contribution is 2.24. The number of rotatable bonds is 5. The summed E-state index contributed by atoms with van der Waals surface area (Å²) < 4.78 is 0. The second-order valence-corrected chi connectivity index (χ2v) is 9.16. The number of pyridine rings is 1. The van der Waals surface area contributed by atoms with Gasteiger partial charge < -0.3 is 15.5 Å². The predicted octanol–water partition coefficient (Wildman–Crippen LogP) is 3.21. The molecule has 1 aliphatic heterocycles. The van der Waals surface area contributed by atoms with E-state index in [1.54, 1.807) is 11.3 Å². The van der Waals surface area contributed by atoms with Crippen LogP contribution in [0.3, 0.4) is 0 Å². The lowest BCUT2D eigenvalue weighted by Gasteiger charge is -2.33. The number of guanidine groups is 1. The fourth-order valence-electron chi connectivity index (χ4n) is 3.24. The second kappa shape index (κ2) is 9.37. The molecule has 0 aliphatic carbocycles. The molecule has 1 aliphatic rings. The van der Waals surface area contributed by atoms with Crippen molar-refractivity contribution in [2.75, 3.05) is 31.6 Å². The number of hydrogen-bond acceptors (Lipinski definition) is 5. The van der Waals surface area contributed by atoms with E-state index in [1.165, 1.54) is 10.7 Å². The molecular weight excluding hydrogens is 368 g/mol. The third-order valence-electron chi connectivity index (χ3n) is 4.98. The monoisotopic (exact) mass is 400 g/mol. The lowest BCUT2D eigenvalue weighted by molar-refractivity contribution is 0.459. The van der Waals surface area contributed by atoms with Gasteiger partial charge in [0.25, 0.3) is 0 Å². The first-order valence-corrected chi connectivity index (χ1v) is 10.9. The van der Waals surface area contributed by atoms with Crippen LogP contribution in [-0.2, 0) is 11.8 Å². The maximum atomic E-state index is 4.76. The molecule has 0 spiro atoms. The lowest BCUT2D eigenvalue weighted by Crippen LogP contribution is -2.49. The van der Waals surface area contributed by atoms with Crippen molar-refractivity contribution >= 4 is 23.1 Å². The molecule has 28 heavy (non-hydrogen) atoms. The topological polar surface area (TPSA) is 65.4 Å². The van der Waals surface area contributed by atoms with E-state index in [9.17, 15) is 0 Å². The normalized spacial score (nSPS) is 16.3. The number of aromatic nitrogens is 2. The van der Waals surface area contributed by atoms with Crippen molar-refractivity contribution in [3.8, 4) is 0 Å². The largest absolute Gasteiger partial charge is 0.356 e.